The normalized spacial score (nSPS) is 11.2. The number of aryl methyl sites for hydroxylation is 1. The molecule has 0 bridgehead atoms. The quantitative estimate of drug-likeness (QED) is 0.234. The smallest absolute Gasteiger partial charge is 0.330 e. The largest absolute Gasteiger partial charge is 0.466 e. The van der Waals surface area contributed by atoms with Gasteiger partial charge in [-0.05, 0) is 61.2 Å². The molecular formula is C30H32N2O3. The van der Waals surface area contributed by atoms with E-state index in [2.05, 4.69) is 53.4 Å². The second-order valence-electron chi connectivity index (χ2n) is 8.63. The first-order valence-corrected chi connectivity index (χ1v) is 11.6. The van der Waals surface area contributed by atoms with Gasteiger partial charge < -0.3 is 10.1 Å². The number of methoxy groups -OCH3 is 1. The number of rotatable bonds is 8. The van der Waals surface area contributed by atoms with Crippen LogP contribution in [-0.4, -0.2) is 25.2 Å². The molecule has 1 N–H and O–H groups in total. The molecule has 3 aromatic rings. The zero-order chi connectivity index (χ0) is 25.2. The Morgan fingerprint density at radius 3 is 2.11 bits per heavy atom. The Morgan fingerprint density at radius 1 is 0.886 bits per heavy atom. The van der Waals surface area contributed by atoms with Gasteiger partial charge in [-0.1, -0.05) is 78.4 Å². The van der Waals surface area contributed by atoms with Crippen molar-refractivity contribution in [3.05, 3.63) is 107 Å². The van der Waals surface area contributed by atoms with E-state index >= 15 is 0 Å². The highest BCUT2D eigenvalue weighted by Crippen LogP contribution is 2.21. The van der Waals surface area contributed by atoms with Gasteiger partial charge in [0.05, 0.1) is 13.7 Å². The SMILES string of the molecule is COC(=O)/C=C/c1cccc(N(Cc2ccc(/C=C/c3ccc(C)cc3)cc2)C(=O)NC(C)C)c1. The van der Waals surface area contributed by atoms with Crippen molar-refractivity contribution in [3.63, 3.8) is 0 Å². The van der Waals surface area contributed by atoms with E-state index in [1.165, 1.54) is 18.7 Å². The highest BCUT2D eigenvalue weighted by molar-refractivity contribution is 5.93. The number of carbonyl (C=O) groups excluding carboxylic acids is 2. The molecule has 0 aliphatic heterocycles. The van der Waals surface area contributed by atoms with Gasteiger partial charge in [-0.25, -0.2) is 9.59 Å². The van der Waals surface area contributed by atoms with Crippen molar-refractivity contribution in [2.45, 2.75) is 33.4 Å². The van der Waals surface area contributed by atoms with Gasteiger partial charge in [0, 0.05) is 17.8 Å². The molecule has 2 amide bonds. The van der Waals surface area contributed by atoms with E-state index in [1.807, 2.05) is 62.4 Å². The van der Waals surface area contributed by atoms with Crippen LogP contribution >= 0.6 is 0 Å². The predicted octanol–water partition coefficient (Wildman–Crippen LogP) is 6.48. The standard InChI is InChI=1S/C30H32N2O3/c1-22(2)31-30(34)32(28-7-5-6-26(20-28)18-19-29(33)35-4)21-27-16-14-25(15-17-27)13-12-24-10-8-23(3)9-11-24/h5-20,22H,21H2,1-4H3,(H,31,34)/b13-12+,19-18+. The summed E-state index contributed by atoms with van der Waals surface area (Å²) < 4.78 is 4.66. The third-order valence-corrected chi connectivity index (χ3v) is 5.32. The van der Waals surface area contributed by atoms with Gasteiger partial charge in [0.1, 0.15) is 0 Å². The third-order valence-electron chi connectivity index (χ3n) is 5.32. The third kappa shape index (κ3) is 8.00. The molecule has 0 saturated heterocycles. The molecule has 5 heteroatoms. The Hall–Kier alpha value is -4.12. The van der Waals surface area contributed by atoms with E-state index in [1.54, 1.807) is 11.0 Å². The monoisotopic (exact) mass is 468 g/mol. The Labute approximate surface area is 207 Å². The maximum absolute atomic E-state index is 13.0. The Bertz CT molecular complexity index is 1190. The first-order valence-electron chi connectivity index (χ1n) is 11.6. The van der Waals surface area contributed by atoms with Crippen molar-refractivity contribution in [3.8, 4) is 0 Å². The van der Waals surface area contributed by atoms with Crippen LogP contribution in [0.15, 0.2) is 78.9 Å². The van der Waals surface area contributed by atoms with Gasteiger partial charge in [0.15, 0.2) is 0 Å². The van der Waals surface area contributed by atoms with Gasteiger partial charge in [-0.3, -0.25) is 4.90 Å². The number of carbonyl (C=O) groups is 2. The summed E-state index contributed by atoms with van der Waals surface area (Å²) in [7, 11) is 1.34. The zero-order valence-corrected chi connectivity index (χ0v) is 20.7. The molecule has 0 saturated carbocycles. The van der Waals surface area contributed by atoms with Gasteiger partial charge in [0.25, 0.3) is 0 Å². The van der Waals surface area contributed by atoms with E-state index in [-0.39, 0.29) is 12.1 Å². The molecular weight excluding hydrogens is 436 g/mol. The number of urea groups is 1. The second kappa shape index (κ2) is 12.4. The number of ether oxygens (including phenoxy) is 1. The van der Waals surface area contributed by atoms with Crippen LogP contribution < -0.4 is 10.2 Å². The molecule has 0 atom stereocenters. The molecule has 35 heavy (non-hydrogen) atoms. The van der Waals surface area contributed by atoms with Crippen molar-refractivity contribution in [1.29, 1.82) is 0 Å². The fraction of sp³-hybridized carbons (Fsp3) is 0.200. The molecule has 0 radical (unpaired) electrons. The van der Waals surface area contributed by atoms with Crippen LogP contribution in [0.25, 0.3) is 18.2 Å². The van der Waals surface area contributed by atoms with Crippen molar-refractivity contribution < 1.29 is 14.3 Å². The number of anilines is 1. The summed E-state index contributed by atoms with van der Waals surface area (Å²) in [4.78, 5) is 26.2. The fourth-order valence-corrected chi connectivity index (χ4v) is 3.42. The van der Waals surface area contributed by atoms with E-state index in [0.29, 0.717) is 6.54 Å². The van der Waals surface area contributed by atoms with Crippen molar-refractivity contribution >= 4 is 35.9 Å². The fourth-order valence-electron chi connectivity index (χ4n) is 3.42. The summed E-state index contributed by atoms with van der Waals surface area (Å²) in [6.45, 7) is 6.35. The van der Waals surface area contributed by atoms with Gasteiger partial charge in [-0.15, -0.1) is 0 Å². The number of benzene rings is 3. The molecule has 0 spiro atoms. The van der Waals surface area contributed by atoms with Crippen LogP contribution in [0.5, 0.6) is 0 Å². The van der Waals surface area contributed by atoms with E-state index in [9.17, 15) is 9.59 Å². The lowest BCUT2D eigenvalue weighted by atomic mass is 10.1. The number of hydrogen-bond donors (Lipinski definition) is 1. The van der Waals surface area contributed by atoms with Gasteiger partial charge in [0.2, 0.25) is 0 Å². The molecule has 0 heterocycles. The van der Waals surface area contributed by atoms with Crippen LogP contribution in [-0.2, 0) is 16.1 Å². The van der Waals surface area contributed by atoms with Crippen LogP contribution in [0.1, 0.15) is 41.7 Å². The summed E-state index contributed by atoms with van der Waals surface area (Å²) in [5.74, 6) is -0.429. The second-order valence-corrected chi connectivity index (χ2v) is 8.63. The van der Waals surface area contributed by atoms with Crippen LogP contribution in [0.2, 0.25) is 0 Å². The summed E-state index contributed by atoms with van der Waals surface area (Å²) in [5.41, 5.74) is 6.01. The van der Waals surface area contributed by atoms with E-state index < -0.39 is 5.97 Å². The lowest BCUT2D eigenvalue weighted by Crippen LogP contribution is -2.42. The molecule has 5 nitrogen and oxygen atoms in total. The Morgan fingerprint density at radius 2 is 1.51 bits per heavy atom. The van der Waals surface area contributed by atoms with Crippen LogP contribution in [0.3, 0.4) is 0 Å². The lowest BCUT2D eigenvalue weighted by Gasteiger charge is -2.25. The number of hydrogen-bond acceptors (Lipinski definition) is 3. The molecule has 3 aromatic carbocycles. The minimum atomic E-state index is -0.429. The van der Waals surface area contributed by atoms with E-state index in [0.717, 1.165) is 27.9 Å². The molecule has 0 aromatic heterocycles. The van der Waals surface area contributed by atoms with Gasteiger partial charge >= 0.3 is 12.0 Å². The molecule has 0 unspecified atom stereocenters. The summed E-state index contributed by atoms with van der Waals surface area (Å²) in [5, 5.41) is 2.98. The minimum Gasteiger partial charge on any atom is -0.466 e. The number of nitrogens with one attached hydrogen (secondary N) is 1. The maximum atomic E-state index is 13.0. The van der Waals surface area contributed by atoms with Crippen molar-refractivity contribution in [2.75, 3.05) is 12.0 Å². The lowest BCUT2D eigenvalue weighted by molar-refractivity contribution is -0.134. The summed E-state index contributed by atoms with van der Waals surface area (Å²) in [6.07, 6.45) is 7.20. The number of esters is 1. The molecule has 0 fully saturated rings. The van der Waals surface area contributed by atoms with Crippen LogP contribution in [0.4, 0.5) is 10.5 Å². The summed E-state index contributed by atoms with van der Waals surface area (Å²) >= 11 is 0. The average Bonchev–Trinajstić information content (AvgIpc) is 2.86. The van der Waals surface area contributed by atoms with Crippen molar-refractivity contribution in [1.82, 2.24) is 5.32 Å². The topological polar surface area (TPSA) is 58.6 Å². The number of amides is 2. The zero-order valence-electron chi connectivity index (χ0n) is 20.7. The first kappa shape index (κ1) is 25.5. The molecule has 0 aliphatic carbocycles. The predicted molar refractivity (Wildman–Crippen MR) is 144 cm³/mol. The Kier molecular flexibility index (Phi) is 9.02. The molecule has 180 valence electrons. The van der Waals surface area contributed by atoms with E-state index in [4.69, 9.17) is 0 Å². The van der Waals surface area contributed by atoms with Gasteiger partial charge in [-0.2, -0.15) is 0 Å². The van der Waals surface area contributed by atoms with Crippen LogP contribution in [0, 0.1) is 6.92 Å². The maximum Gasteiger partial charge on any atom is 0.330 e. The minimum absolute atomic E-state index is 0.00156. The molecule has 3 rings (SSSR count). The highest BCUT2D eigenvalue weighted by atomic mass is 16.5. The van der Waals surface area contributed by atoms with Crippen molar-refractivity contribution in [2.24, 2.45) is 0 Å². The Balaban J connectivity index is 1.79. The number of nitrogens with zero attached hydrogens (tertiary/aromatic N) is 1. The molecule has 0 aliphatic rings. The summed E-state index contributed by atoms with van der Waals surface area (Å²) in [6, 6.07) is 23.9. The highest BCUT2D eigenvalue weighted by Gasteiger charge is 2.17. The average molecular weight is 469 g/mol. The first-order chi connectivity index (χ1) is 16.8.